The highest BCUT2D eigenvalue weighted by molar-refractivity contribution is 5.50. The van der Waals surface area contributed by atoms with E-state index < -0.39 is 0 Å². The van der Waals surface area contributed by atoms with Crippen LogP contribution in [0, 0.1) is 5.41 Å². The Morgan fingerprint density at radius 1 is 1.47 bits per heavy atom. The fourth-order valence-corrected chi connectivity index (χ4v) is 2.16. The van der Waals surface area contributed by atoms with E-state index in [1.54, 1.807) is 19.2 Å². The summed E-state index contributed by atoms with van der Waals surface area (Å²) in [5, 5.41) is 19.2. The summed E-state index contributed by atoms with van der Waals surface area (Å²) in [5.41, 5.74) is 0.644. The zero-order chi connectivity index (χ0) is 12.5. The van der Waals surface area contributed by atoms with Gasteiger partial charge < -0.3 is 19.7 Å². The highest BCUT2D eigenvalue weighted by Crippen LogP contribution is 2.62. The minimum atomic E-state index is -0.135. The number of hydrogen-bond acceptors (Lipinski definition) is 4. The second-order valence-corrected chi connectivity index (χ2v) is 4.81. The highest BCUT2D eigenvalue weighted by atomic mass is 16.7. The first-order chi connectivity index (χ1) is 8.12. The summed E-state index contributed by atoms with van der Waals surface area (Å²) >= 11 is 0. The molecule has 0 saturated heterocycles. The lowest BCUT2D eigenvalue weighted by molar-refractivity contribution is 0.0501. The van der Waals surface area contributed by atoms with Crippen LogP contribution in [-0.2, 0) is 4.74 Å². The Morgan fingerprint density at radius 3 is 2.82 bits per heavy atom. The molecule has 1 aliphatic carbocycles. The molecule has 0 amide bonds. The molecule has 17 heavy (non-hydrogen) atoms. The van der Waals surface area contributed by atoms with Gasteiger partial charge in [-0.25, -0.2) is 0 Å². The van der Waals surface area contributed by atoms with E-state index >= 15 is 0 Å². The first kappa shape index (κ1) is 12.2. The van der Waals surface area contributed by atoms with Gasteiger partial charge in [-0.2, -0.15) is 0 Å². The lowest BCUT2D eigenvalue weighted by Crippen LogP contribution is -2.06. The maximum absolute atomic E-state index is 9.93. The van der Waals surface area contributed by atoms with Crippen LogP contribution in [0.5, 0.6) is 11.5 Å². The molecule has 0 bridgehead atoms. The van der Waals surface area contributed by atoms with Gasteiger partial charge in [0.15, 0.2) is 6.79 Å². The van der Waals surface area contributed by atoms with Crippen molar-refractivity contribution in [3.05, 3.63) is 23.8 Å². The zero-order valence-corrected chi connectivity index (χ0v) is 10.1. The molecule has 1 aromatic carbocycles. The van der Waals surface area contributed by atoms with Gasteiger partial charge in [-0.05, 0) is 29.9 Å². The van der Waals surface area contributed by atoms with Crippen LogP contribution in [-0.4, -0.2) is 30.7 Å². The van der Waals surface area contributed by atoms with Crippen LogP contribution < -0.4 is 4.74 Å². The van der Waals surface area contributed by atoms with Crippen molar-refractivity contribution in [2.75, 3.05) is 20.5 Å². The SMILES string of the molecule is COCOc1cccc(O)c1C1CC1(C)CO. The fourth-order valence-electron chi connectivity index (χ4n) is 2.16. The summed E-state index contributed by atoms with van der Waals surface area (Å²) in [5.74, 6) is 1.01. The van der Waals surface area contributed by atoms with E-state index in [2.05, 4.69) is 0 Å². The van der Waals surface area contributed by atoms with E-state index in [0.29, 0.717) is 5.75 Å². The van der Waals surface area contributed by atoms with Gasteiger partial charge in [0.05, 0.1) is 0 Å². The zero-order valence-electron chi connectivity index (χ0n) is 10.1. The third-order valence-electron chi connectivity index (χ3n) is 3.44. The lowest BCUT2D eigenvalue weighted by atomic mass is 10.0. The molecule has 4 heteroatoms. The van der Waals surface area contributed by atoms with Gasteiger partial charge in [0.1, 0.15) is 11.5 Å². The van der Waals surface area contributed by atoms with Crippen molar-refractivity contribution in [2.45, 2.75) is 19.3 Å². The highest BCUT2D eigenvalue weighted by Gasteiger charge is 2.52. The van der Waals surface area contributed by atoms with Gasteiger partial charge in [0.2, 0.25) is 0 Å². The first-order valence-electron chi connectivity index (χ1n) is 5.67. The molecule has 4 nitrogen and oxygen atoms in total. The summed E-state index contributed by atoms with van der Waals surface area (Å²) in [7, 11) is 1.55. The second kappa shape index (κ2) is 4.55. The minimum Gasteiger partial charge on any atom is -0.508 e. The van der Waals surface area contributed by atoms with E-state index in [-0.39, 0.29) is 30.5 Å². The quantitative estimate of drug-likeness (QED) is 0.769. The number of rotatable bonds is 5. The van der Waals surface area contributed by atoms with Crippen LogP contribution in [0.4, 0.5) is 0 Å². The third kappa shape index (κ3) is 2.23. The molecule has 1 saturated carbocycles. The van der Waals surface area contributed by atoms with E-state index in [0.717, 1.165) is 12.0 Å². The Morgan fingerprint density at radius 2 is 2.24 bits per heavy atom. The van der Waals surface area contributed by atoms with Gasteiger partial charge >= 0.3 is 0 Å². The molecular weight excluding hydrogens is 220 g/mol. The van der Waals surface area contributed by atoms with E-state index in [9.17, 15) is 10.2 Å². The number of phenols is 1. The molecule has 0 radical (unpaired) electrons. The van der Waals surface area contributed by atoms with Crippen molar-refractivity contribution in [1.29, 1.82) is 0 Å². The van der Waals surface area contributed by atoms with Crippen molar-refractivity contribution in [3.63, 3.8) is 0 Å². The Bertz CT molecular complexity index is 404. The van der Waals surface area contributed by atoms with Crippen LogP contribution in [0.2, 0.25) is 0 Å². The number of benzene rings is 1. The number of aliphatic hydroxyl groups is 1. The molecule has 1 aromatic rings. The van der Waals surface area contributed by atoms with Crippen LogP contribution in [0.3, 0.4) is 0 Å². The van der Waals surface area contributed by atoms with Crippen molar-refractivity contribution in [1.82, 2.24) is 0 Å². The van der Waals surface area contributed by atoms with Crippen LogP contribution in [0.1, 0.15) is 24.8 Å². The predicted octanol–water partition coefficient (Wildman–Crippen LogP) is 1.86. The van der Waals surface area contributed by atoms with Gasteiger partial charge in [-0.3, -0.25) is 0 Å². The first-order valence-corrected chi connectivity index (χ1v) is 5.67. The number of methoxy groups -OCH3 is 1. The molecule has 0 aromatic heterocycles. The number of phenolic OH excluding ortho intramolecular Hbond substituents is 1. The maximum atomic E-state index is 9.93. The molecule has 1 fully saturated rings. The largest absolute Gasteiger partial charge is 0.508 e. The summed E-state index contributed by atoms with van der Waals surface area (Å²) in [6.45, 7) is 2.28. The average Bonchev–Trinajstić information content (AvgIpc) is 2.99. The topological polar surface area (TPSA) is 58.9 Å². The molecule has 2 rings (SSSR count). The van der Waals surface area contributed by atoms with Gasteiger partial charge in [-0.15, -0.1) is 0 Å². The fraction of sp³-hybridized carbons (Fsp3) is 0.538. The average molecular weight is 238 g/mol. The molecular formula is C13H18O4. The number of ether oxygens (including phenoxy) is 2. The number of aliphatic hydroxyl groups excluding tert-OH is 1. The Hall–Kier alpha value is -1.26. The molecule has 94 valence electrons. The lowest BCUT2D eigenvalue weighted by Gasteiger charge is -2.14. The molecule has 0 heterocycles. The maximum Gasteiger partial charge on any atom is 0.188 e. The monoisotopic (exact) mass is 238 g/mol. The molecule has 2 unspecified atom stereocenters. The minimum absolute atomic E-state index is 0.121. The van der Waals surface area contributed by atoms with E-state index in [1.807, 2.05) is 13.0 Å². The summed E-state index contributed by atoms with van der Waals surface area (Å²) in [6, 6.07) is 5.19. The Kier molecular flexibility index (Phi) is 3.26. The summed E-state index contributed by atoms with van der Waals surface area (Å²) in [6.07, 6.45) is 0.865. The smallest absolute Gasteiger partial charge is 0.188 e. The van der Waals surface area contributed by atoms with Gasteiger partial charge in [0.25, 0.3) is 0 Å². The van der Waals surface area contributed by atoms with Gasteiger partial charge in [0, 0.05) is 19.3 Å². The Labute approximate surface area is 101 Å². The van der Waals surface area contributed by atoms with Crippen LogP contribution in [0.15, 0.2) is 18.2 Å². The molecule has 0 aliphatic heterocycles. The van der Waals surface area contributed by atoms with Crippen molar-refractivity contribution in [2.24, 2.45) is 5.41 Å². The van der Waals surface area contributed by atoms with E-state index in [4.69, 9.17) is 9.47 Å². The normalized spacial score (nSPS) is 26.9. The number of aromatic hydroxyl groups is 1. The van der Waals surface area contributed by atoms with E-state index in [1.165, 1.54) is 0 Å². The van der Waals surface area contributed by atoms with Crippen molar-refractivity contribution >= 4 is 0 Å². The molecule has 2 atom stereocenters. The van der Waals surface area contributed by atoms with Crippen molar-refractivity contribution in [3.8, 4) is 11.5 Å². The standard InChI is InChI=1S/C13H18O4/c1-13(7-14)6-9(13)12-10(15)4-3-5-11(12)17-8-16-2/h3-5,9,14-15H,6-8H2,1-2H3. The molecule has 1 aliphatic rings. The number of hydrogen-bond donors (Lipinski definition) is 2. The van der Waals surface area contributed by atoms with Crippen molar-refractivity contribution < 1.29 is 19.7 Å². The second-order valence-electron chi connectivity index (χ2n) is 4.81. The third-order valence-corrected chi connectivity index (χ3v) is 3.44. The van der Waals surface area contributed by atoms with Gasteiger partial charge in [-0.1, -0.05) is 13.0 Å². The van der Waals surface area contributed by atoms with Crippen LogP contribution >= 0.6 is 0 Å². The summed E-state index contributed by atoms with van der Waals surface area (Å²) < 4.78 is 10.3. The summed E-state index contributed by atoms with van der Waals surface area (Å²) in [4.78, 5) is 0. The molecule has 2 N–H and O–H groups in total. The predicted molar refractivity (Wildman–Crippen MR) is 63.2 cm³/mol. The van der Waals surface area contributed by atoms with Crippen LogP contribution in [0.25, 0.3) is 0 Å². The Balaban J connectivity index is 2.26. The molecule has 0 spiro atoms.